The van der Waals surface area contributed by atoms with Crippen molar-refractivity contribution in [2.24, 2.45) is 0 Å². The van der Waals surface area contributed by atoms with E-state index in [1.165, 1.54) is 6.42 Å². The second-order valence-electron chi connectivity index (χ2n) is 6.09. The molecule has 0 saturated carbocycles. The van der Waals surface area contributed by atoms with Crippen LogP contribution in [0.4, 0.5) is 0 Å². The molecule has 0 atom stereocenters. The Morgan fingerprint density at radius 1 is 1.17 bits per heavy atom. The zero-order valence-electron chi connectivity index (χ0n) is 11.5. The van der Waals surface area contributed by atoms with Crippen LogP contribution < -0.4 is 10.5 Å². The first-order valence-electron chi connectivity index (χ1n) is 6.54. The molecule has 0 bridgehead atoms. The van der Waals surface area contributed by atoms with Crippen LogP contribution in [0.1, 0.15) is 34.1 Å². The van der Waals surface area contributed by atoms with E-state index >= 15 is 0 Å². The number of nitrogens with zero attached hydrogens (tertiary/aromatic N) is 3. The Morgan fingerprint density at radius 3 is 2.28 bits per heavy atom. The highest BCUT2D eigenvalue weighted by molar-refractivity contribution is 6.62. The van der Waals surface area contributed by atoms with Crippen molar-refractivity contribution < 1.29 is 9.31 Å². The number of aromatic nitrogens is 2. The van der Waals surface area contributed by atoms with Gasteiger partial charge < -0.3 is 9.31 Å². The fraction of sp³-hybridized carbons (Fsp3) is 0.750. The molecule has 0 N–H and O–H groups in total. The van der Waals surface area contributed by atoms with Crippen LogP contribution in [0, 0.1) is 0 Å². The summed E-state index contributed by atoms with van der Waals surface area (Å²) in [5, 5.41) is 6.55. The van der Waals surface area contributed by atoms with Crippen molar-refractivity contribution in [2.75, 3.05) is 18.1 Å². The first-order chi connectivity index (χ1) is 8.39. The van der Waals surface area contributed by atoms with E-state index in [1.54, 1.807) is 0 Å². The molecule has 2 fully saturated rings. The molecule has 1 aromatic heterocycles. The van der Waals surface area contributed by atoms with Crippen molar-refractivity contribution in [2.45, 2.75) is 45.3 Å². The van der Waals surface area contributed by atoms with Gasteiger partial charge in [0.15, 0.2) is 0 Å². The van der Waals surface area contributed by atoms with Gasteiger partial charge in [0.1, 0.15) is 0 Å². The van der Waals surface area contributed by atoms with E-state index in [1.807, 2.05) is 17.2 Å². The Bertz CT molecular complexity index is 438. The minimum atomic E-state index is -0.315. The van der Waals surface area contributed by atoms with Crippen molar-refractivity contribution in [3.8, 4) is 0 Å². The zero-order valence-corrected chi connectivity index (χ0v) is 11.5. The lowest BCUT2D eigenvalue weighted by molar-refractivity contribution is 0.00578. The monoisotopic (exact) mass is 249 g/mol. The predicted octanol–water partition coefficient (Wildman–Crippen LogP) is 0.524. The van der Waals surface area contributed by atoms with Crippen molar-refractivity contribution in [1.82, 2.24) is 9.89 Å². The van der Waals surface area contributed by atoms with Crippen molar-refractivity contribution in [1.29, 1.82) is 0 Å². The molecule has 98 valence electrons. The lowest BCUT2D eigenvalue weighted by atomic mass is 9.82. The van der Waals surface area contributed by atoms with Gasteiger partial charge in [0, 0.05) is 24.7 Å². The summed E-state index contributed by atoms with van der Waals surface area (Å²) in [6, 6.07) is 0. The number of rotatable bonds is 2. The maximum Gasteiger partial charge on any atom is 0.498 e. The van der Waals surface area contributed by atoms with Crippen molar-refractivity contribution in [3.05, 3.63) is 12.4 Å². The quantitative estimate of drug-likeness (QED) is 0.716. The fourth-order valence-electron chi connectivity index (χ4n) is 2.09. The maximum atomic E-state index is 6.00. The van der Waals surface area contributed by atoms with Gasteiger partial charge in [-0.15, -0.1) is 0 Å². The molecule has 0 spiro atoms. The third-order valence-electron chi connectivity index (χ3n) is 4.24. The molecular formula is C12H20BN3O2. The Balaban J connectivity index is 1.78. The molecule has 18 heavy (non-hydrogen) atoms. The average molecular weight is 249 g/mol. The highest BCUT2D eigenvalue weighted by atomic mass is 16.7. The molecule has 3 heterocycles. The van der Waals surface area contributed by atoms with Crippen molar-refractivity contribution >= 4 is 12.6 Å². The van der Waals surface area contributed by atoms with Crippen LogP contribution in [0.25, 0.3) is 0 Å². The smallest absolute Gasteiger partial charge is 0.399 e. The molecular weight excluding hydrogens is 229 g/mol. The summed E-state index contributed by atoms with van der Waals surface area (Å²) < 4.78 is 12.0. The predicted molar refractivity (Wildman–Crippen MR) is 70.5 cm³/mol. The fourth-order valence-corrected chi connectivity index (χ4v) is 2.09. The zero-order chi connectivity index (χ0) is 13.0. The molecule has 0 radical (unpaired) electrons. The van der Waals surface area contributed by atoms with E-state index in [0.717, 1.165) is 18.6 Å². The molecule has 2 aliphatic rings. The Morgan fingerprint density at radius 2 is 1.78 bits per heavy atom. The minimum Gasteiger partial charge on any atom is -0.399 e. The molecule has 1 aromatic rings. The number of hydrogen-bond acceptors (Lipinski definition) is 4. The lowest BCUT2D eigenvalue weighted by Crippen LogP contribution is -2.46. The Kier molecular flexibility index (Phi) is 2.51. The van der Waals surface area contributed by atoms with Gasteiger partial charge in [0.25, 0.3) is 0 Å². The van der Waals surface area contributed by atoms with Crippen LogP contribution in [-0.2, 0) is 9.31 Å². The molecule has 5 nitrogen and oxygen atoms in total. The summed E-state index contributed by atoms with van der Waals surface area (Å²) >= 11 is 0. The molecule has 6 heteroatoms. The second-order valence-corrected chi connectivity index (χ2v) is 6.09. The van der Waals surface area contributed by atoms with E-state index in [0.29, 0.717) is 0 Å². The lowest BCUT2D eigenvalue weighted by Gasteiger charge is -2.32. The summed E-state index contributed by atoms with van der Waals surface area (Å²) in [4.78, 5) is 1.89. The molecule has 0 unspecified atom stereocenters. The Labute approximate surface area is 108 Å². The van der Waals surface area contributed by atoms with E-state index in [4.69, 9.17) is 9.31 Å². The minimum absolute atomic E-state index is 0.295. The topological polar surface area (TPSA) is 39.5 Å². The van der Waals surface area contributed by atoms with Crippen LogP contribution in [0.5, 0.6) is 0 Å². The average Bonchev–Trinajstić information content (AvgIpc) is 2.68. The SMILES string of the molecule is CC1(C)OB(c2cnn(N3CCC3)c2)OC1(C)C. The first-order valence-corrected chi connectivity index (χ1v) is 6.54. The van der Waals surface area contributed by atoms with Crippen molar-refractivity contribution in [3.63, 3.8) is 0 Å². The van der Waals surface area contributed by atoms with E-state index in [2.05, 4.69) is 37.8 Å². The van der Waals surface area contributed by atoms with Crippen LogP contribution >= 0.6 is 0 Å². The van der Waals surface area contributed by atoms with Gasteiger partial charge in [0.05, 0.1) is 17.4 Å². The molecule has 0 amide bonds. The molecule has 2 saturated heterocycles. The van der Waals surface area contributed by atoms with Gasteiger partial charge in [-0.3, -0.25) is 5.01 Å². The third kappa shape index (κ3) is 1.75. The van der Waals surface area contributed by atoms with Gasteiger partial charge >= 0.3 is 7.12 Å². The highest BCUT2D eigenvalue weighted by Crippen LogP contribution is 2.36. The van der Waals surface area contributed by atoms with Gasteiger partial charge in [-0.25, -0.2) is 0 Å². The van der Waals surface area contributed by atoms with Gasteiger partial charge in [0.2, 0.25) is 0 Å². The van der Waals surface area contributed by atoms with E-state index in [-0.39, 0.29) is 18.3 Å². The summed E-state index contributed by atoms with van der Waals surface area (Å²) in [5.41, 5.74) is 0.396. The van der Waals surface area contributed by atoms with E-state index in [9.17, 15) is 0 Å². The summed E-state index contributed by atoms with van der Waals surface area (Å²) in [5.74, 6) is 0. The summed E-state index contributed by atoms with van der Waals surface area (Å²) in [7, 11) is -0.315. The van der Waals surface area contributed by atoms with Crippen LogP contribution in [-0.4, -0.2) is 41.3 Å². The highest BCUT2D eigenvalue weighted by Gasteiger charge is 2.52. The van der Waals surface area contributed by atoms with E-state index < -0.39 is 0 Å². The molecule has 2 aliphatic heterocycles. The van der Waals surface area contributed by atoms with Gasteiger partial charge in [-0.1, -0.05) is 0 Å². The molecule has 0 aromatic carbocycles. The molecule has 3 rings (SSSR count). The van der Waals surface area contributed by atoms with Crippen LogP contribution in [0.15, 0.2) is 12.4 Å². The Hall–Kier alpha value is -1.01. The third-order valence-corrected chi connectivity index (χ3v) is 4.24. The summed E-state index contributed by atoms with van der Waals surface area (Å²) in [6.45, 7) is 10.4. The molecule has 0 aliphatic carbocycles. The van der Waals surface area contributed by atoms with Gasteiger partial charge in [-0.2, -0.15) is 9.89 Å². The van der Waals surface area contributed by atoms with Gasteiger partial charge in [-0.05, 0) is 34.1 Å². The normalized spacial score (nSPS) is 25.3. The van der Waals surface area contributed by atoms with Crippen LogP contribution in [0.3, 0.4) is 0 Å². The maximum absolute atomic E-state index is 6.00. The number of hydrogen-bond donors (Lipinski definition) is 0. The second kappa shape index (κ2) is 3.74. The largest absolute Gasteiger partial charge is 0.498 e. The first kappa shape index (κ1) is 12.1. The standard InChI is InChI=1S/C12H20BN3O2/c1-11(2)12(3,4)18-13(17-11)10-8-14-16(9-10)15-6-5-7-15/h8-9H,5-7H2,1-4H3. The summed E-state index contributed by atoms with van der Waals surface area (Å²) in [6.07, 6.45) is 5.08. The van der Waals surface area contributed by atoms with Crippen LogP contribution in [0.2, 0.25) is 0 Å².